The lowest BCUT2D eigenvalue weighted by atomic mass is 10.0. The summed E-state index contributed by atoms with van der Waals surface area (Å²) in [5.41, 5.74) is 0.553. The van der Waals surface area contributed by atoms with Gasteiger partial charge in [0.25, 0.3) is 10.0 Å². The minimum atomic E-state index is -3.79. The molecule has 1 amide bonds. The quantitative estimate of drug-likeness (QED) is 0.347. The van der Waals surface area contributed by atoms with Crippen LogP contribution < -0.4 is 5.32 Å². The van der Waals surface area contributed by atoms with Gasteiger partial charge in [0, 0.05) is 6.54 Å². The molecule has 0 aromatic carbocycles. The molecule has 1 unspecified atom stereocenters. The minimum Gasteiger partial charge on any atom is -0.462 e. The Bertz CT molecular complexity index is 1100. The summed E-state index contributed by atoms with van der Waals surface area (Å²) < 4.78 is 32.6. The van der Waals surface area contributed by atoms with Crippen molar-refractivity contribution in [1.82, 2.24) is 4.31 Å². The van der Waals surface area contributed by atoms with Crippen LogP contribution in [0.5, 0.6) is 0 Å². The predicted molar refractivity (Wildman–Crippen MR) is 121 cm³/mol. The summed E-state index contributed by atoms with van der Waals surface area (Å²) in [4.78, 5) is 26.2. The molecule has 2 aromatic heterocycles. The number of piperidine rings is 1. The molecule has 0 radical (unpaired) electrons. The molecule has 8 nitrogen and oxygen atoms in total. The summed E-state index contributed by atoms with van der Waals surface area (Å²) in [6.07, 6.45) is 1.80. The van der Waals surface area contributed by atoms with E-state index < -0.39 is 27.9 Å². The summed E-state index contributed by atoms with van der Waals surface area (Å²) in [7, 11) is -3.79. The van der Waals surface area contributed by atoms with Gasteiger partial charge in [0.1, 0.15) is 25.5 Å². The topological polar surface area (TPSA) is 117 Å². The maximum atomic E-state index is 13.2. The SMILES string of the molecule is CCOC(=O)c1sc(NC(=O)C2CCCCN2S(=O)(=O)c2cccs2)c(SC#N)c1C. The highest BCUT2D eigenvalue weighted by Crippen LogP contribution is 2.40. The third kappa shape index (κ3) is 4.96. The normalized spacial score (nSPS) is 17.1. The van der Waals surface area contributed by atoms with Crippen LogP contribution in [0.3, 0.4) is 0 Å². The summed E-state index contributed by atoms with van der Waals surface area (Å²) in [6.45, 7) is 3.85. The second-order valence-electron chi connectivity index (χ2n) is 6.68. The van der Waals surface area contributed by atoms with Crippen LogP contribution in [0.25, 0.3) is 0 Å². The molecule has 31 heavy (non-hydrogen) atoms. The average molecular weight is 500 g/mol. The summed E-state index contributed by atoms with van der Waals surface area (Å²) >= 11 is 2.98. The van der Waals surface area contributed by atoms with Gasteiger partial charge in [-0.05, 0) is 55.5 Å². The van der Waals surface area contributed by atoms with Gasteiger partial charge in [0.2, 0.25) is 5.91 Å². The summed E-state index contributed by atoms with van der Waals surface area (Å²) in [5, 5.41) is 15.9. The lowest BCUT2D eigenvalue weighted by Gasteiger charge is -2.33. The largest absolute Gasteiger partial charge is 0.462 e. The number of thiophene rings is 2. The van der Waals surface area contributed by atoms with Crippen molar-refractivity contribution in [3.8, 4) is 5.40 Å². The van der Waals surface area contributed by atoms with E-state index in [0.717, 1.165) is 40.9 Å². The van der Waals surface area contributed by atoms with E-state index in [0.29, 0.717) is 33.2 Å². The van der Waals surface area contributed by atoms with Crippen LogP contribution in [0.15, 0.2) is 26.6 Å². The highest BCUT2D eigenvalue weighted by atomic mass is 32.2. The van der Waals surface area contributed by atoms with Crippen LogP contribution >= 0.6 is 34.4 Å². The summed E-state index contributed by atoms with van der Waals surface area (Å²) in [6, 6.07) is 2.32. The maximum Gasteiger partial charge on any atom is 0.348 e. The Hall–Kier alpha value is -1.91. The molecule has 1 aliphatic rings. The monoisotopic (exact) mass is 499 g/mol. The van der Waals surface area contributed by atoms with E-state index in [2.05, 4.69) is 5.32 Å². The Morgan fingerprint density at radius 1 is 1.42 bits per heavy atom. The molecular formula is C19H21N3O5S4. The van der Waals surface area contributed by atoms with E-state index >= 15 is 0 Å². The predicted octanol–water partition coefficient (Wildman–Crippen LogP) is 4.05. The Kier molecular flexibility index (Phi) is 7.77. The lowest BCUT2D eigenvalue weighted by molar-refractivity contribution is -0.120. The van der Waals surface area contributed by atoms with Crippen LogP contribution in [-0.4, -0.2) is 43.8 Å². The molecule has 166 valence electrons. The fraction of sp³-hybridized carbons (Fsp3) is 0.421. The average Bonchev–Trinajstić information content (AvgIpc) is 3.39. The second-order valence-corrected chi connectivity index (χ2v) is 11.6. The molecule has 1 aliphatic heterocycles. The molecule has 2 aromatic rings. The van der Waals surface area contributed by atoms with Crippen LogP contribution in [0.2, 0.25) is 0 Å². The van der Waals surface area contributed by atoms with E-state index in [1.165, 1.54) is 10.4 Å². The fourth-order valence-corrected chi connectivity index (χ4v) is 7.90. The van der Waals surface area contributed by atoms with Crippen molar-refractivity contribution in [1.29, 1.82) is 5.26 Å². The number of amides is 1. The number of thiocyanates is 1. The standard InChI is InChI=1S/C19H21N3O5S4/c1-3-27-19(24)16-12(2)15(29-11-20)18(30-16)21-17(23)13-7-4-5-9-22(13)31(25,26)14-8-6-10-28-14/h6,8,10,13H,3-5,7,9H2,1-2H3,(H,21,23). The Morgan fingerprint density at radius 2 is 2.19 bits per heavy atom. The first-order valence-electron chi connectivity index (χ1n) is 9.53. The van der Waals surface area contributed by atoms with Gasteiger partial charge in [-0.2, -0.15) is 9.57 Å². The first kappa shape index (κ1) is 23.7. The van der Waals surface area contributed by atoms with Gasteiger partial charge in [0.05, 0.1) is 11.5 Å². The van der Waals surface area contributed by atoms with Crippen molar-refractivity contribution in [3.05, 3.63) is 28.0 Å². The number of rotatable bonds is 7. The molecule has 3 heterocycles. The molecule has 1 saturated heterocycles. The van der Waals surface area contributed by atoms with Gasteiger partial charge < -0.3 is 10.1 Å². The number of sulfonamides is 1. The molecule has 0 spiro atoms. The number of nitriles is 1. The van der Waals surface area contributed by atoms with Crippen LogP contribution in [0.1, 0.15) is 41.4 Å². The van der Waals surface area contributed by atoms with Gasteiger partial charge in [-0.25, -0.2) is 13.2 Å². The molecule has 0 saturated carbocycles. The highest BCUT2D eigenvalue weighted by Gasteiger charge is 2.38. The van der Waals surface area contributed by atoms with E-state index in [-0.39, 0.29) is 17.4 Å². The number of carbonyl (C=O) groups excluding carboxylic acids is 2. The molecule has 1 fully saturated rings. The number of anilines is 1. The smallest absolute Gasteiger partial charge is 0.348 e. The zero-order chi connectivity index (χ0) is 22.6. The highest BCUT2D eigenvalue weighted by molar-refractivity contribution is 8.04. The van der Waals surface area contributed by atoms with E-state index in [4.69, 9.17) is 10.00 Å². The molecule has 0 aliphatic carbocycles. The lowest BCUT2D eigenvalue weighted by Crippen LogP contribution is -2.49. The number of hydrogen-bond donors (Lipinski definition) is 1. The molecule has 3 rings (SSSR count). The number of nitrogens with zero attached hydrogens (tertiary/aromatic N) is 2. The number of nitrogens with one attached hydrogen (secondary N) is 1. The molecule has 1 atom stereocenters. The van der Waals surface area contributed by atoms with E-state index in [9.17, 15) is 18.0 Å². The molecule has 1 N–H and O–H groups in total. The zero-order valence-electron chi connectivity index (χ0n) is 16.9. The third-order valence-corrected chi connectivity index (χ3v) is 10.2. The van der Waals surface area contributed by atoms with E-state index in [1.54, 1.807) is 25.3 Å². The van der Waals surface area contributed by atoms with Gasteiger partial charge in [0.15, 0.2) is 0 Å². The fourth-order valence-electron chi connectivity index (χ4n) is 3.32. The maximum absolute atomic E-state index is 13.2. The van der Waals surface area contributed by atoms with Crippen molar-refractivity contribution in [2.45, 2.75) is 48.3 Å². The Balaban J connectivity index is 1.90. The van der Waals surface area contributed by atoms with Crippen molar-refractivity contribution in [3.63, 3.8) is 0 Å². The van der Waals surface area contributed by atoms with Crippen LogP contribution in [-0.2, 0) is 19.6 Å². The zero-order valence-corrected chi connectivity index (χ0v) is 20.2. The first-order chi connectivity index (χ1) is 14.8. The Labute approximate surface area is 193 Å². The second kappa shape index (κ2) is 10.1. The van der Waals surface area contributed by atoms with Crippen molar-refractivity contribution in [2.24, 2.45) is 0 Å². The number of thioether (sulfide) groups is 1. The number of esters is 1. The third-order valence-electron chi connectivity index (χ3n) is 4.75. The van der Waals surface area contributed by atoms with Gasteiger partial charge in [-0.3, -0.25) is 4.79 Å². The van der Waals surface area contributed by atoms with Gasteiger partial charge in [-0.1, -0.05) is 12.5 Å². The van der Waals surface area contributed by atoms with Crippen LogP contribution in [0.4, 0.5) is 5.00 Å². The van der Waals surface area contributed by atoms with Gasteiger partial charge >= 0.3 is 5.97 Å². The van der Waals surface area contributed by atoms with Crippen LogP contribution in [0, 0.1) is 17.6 Å². The number of hydrogen-bond acceptors (Lipinski definition) is 9. The van der Waals surface area contributed by atoms with Crippen molar-refractivity contribution in [2.75, 3.05) is 18.5 Å². The number of ether oxygens (including phenoxy) is 1. The van der Waals surface area contributed by atoms with E-state index in [1.807, 2.05) is 5.40 Å². The number of carbonyl (C=O) groups is 2. The van der Waals surface area contributed by atoms with Crippen molar-refractivity contribution >= 4 is 61.3 Å². The molecule has 0 bridgehead atoms. The minimum absolute atomic E-state index is 0.199. The first-order valence-corrected chi connectivity index (χ1v) is 13.5. The molecular weight excluding hydrogens is 478 g/mol. The summed E-state index contributed by atoms with van der Waals surface area (Å²) in [5.74, 6) is -0.999. The molecule has 12 heteroatoms. The van der Waals surface area contributed by atoms with Crippen molar-refractivity contribution < 1.29 is 22.7 Å². The Morgan fingerprint density at radius 3 is 2.84 bits per heavy atom. The van der Waals surface area contributed by atoms with Gasteiger partial charge in [-0.15, -0.1) is 22.7 Å².